The van der Waals surface area contributed by atoms with Gasteiger partial charge in [-0.15, -0.1) is 0 Å². The van der Waals surface area contributed by atoms with Crippen LogP contribution in [-0.4, -0.2) is 44.7 Å². The summed E-state index contributed by atoms with van der Waals surface area (Å²) in [6, 6.07) is -0.206. The van der Waals surface area contributed by atoms with E-state index in [0.717, 1.165) is 19.4 Å². The van der Waals surface area contributed by atoms with E-state index >= 15 is 0 Å². The van der Waals surface area contributed by atoms with E-state index in [1.54, 1.807) is 0 Å². The minimum absolute atomic E-state index is 0.189. The van der Waals surface area contributed by atoms with E-state index in [2.05, 4.69) is 10.6 Å². The summed E-state index contributed by atoms with van der Waals surface area (Å²) in [5.41, 5.74) is -0.189. The number of hydrogen-bond donors (Lipinski definition) is 2. The van der Waals surface area contributed by atoms with Crippen molar-refractivity contribution in [1.82, 2.24) is 10.6 Å². The highest BCUT2D eigenvalue weighted by Gasteiger charge is 2.14. The Morgan fingerprint density at radius 1 is 1.36 bits per heavy atom. The predicted molar refractivity (Wildman–Crippen MR) is 57.5 cm³/mol. The van der Waals surface area contributed by atoms with Gasteiger partial charge in [-0.3, -0.25) is 0 Å². The van der Waals surface area contributed by atoms with E-state index in [1.807, 2.05) is 27.8 Å². The van der Waals surface area contributed by atoms with Gasteiger partial charge < -0.3 is 20.2 Å². The zero-order valence-corrected chi connectivity index (χ0v) is 9.59. The minimum Gasteiger partial charge on any atom is -0.374 e. The normalized spacial score (nSPS) is 14.0. The Balaban J connectivity index is 3.63. The summed E-state index contributed by atoms with van der Waals surface area (Å²) in [7, 11) is 1.88. The summed E-state index contributed by atoms with van der Waals surface area (Å²) < 4.78 is 5.50. The summed E-state index contributed by atoms with van der Waals surface area (Å²) in [6.45, 7) is 7.97. The molecule has 0 saturated carbocycles. The van der Waals surface area contributed by atoms with Crippen LogP contribution in [0.3, 0.4) is 0 Å². The van der Waals surface area contributed by atoms with Crippen molar-refractivity contribution in [3.8, 4) is 0 Å². The van der Waals surface area contributed by atoms with Gasteiger partial charge in [-0.25, -0.2) is 0 Å². The standard InChI is InChI=1S/C10H22N2O2/c1-10(2,3)14-8-9(7-13)12-6-5-11-4/h7,9,11-12H,5-6,8H2,1-4H3/t9-/m0/s1. The molecule has 0 heterocycles. The lowest BCUT2D eigenvalue weighted by molar-refractivity contribution is -0.112. The summed E-state index contributed by atoms with van der Waals surface area (Å²) in [5.74, 6) is 0. The zero-order valence-electron chi connectivity index (χ0n) is 9.59. The smallest absolute Gasteiger partial charge is 0.139 e. The van der Waals surface area contributed by atoms with Crippen LogP contribution in [0, 0.1) is 0 Å². The van der Waals surface area contributed by atoms with E-state index in [9.17, 15) is 4.79 Å². The number of ether oxygens (including phenoxy) is 1. The molecule has 0 spiro atoms. The largest absolute Gasteiger partial charge is 0.374 e. The molecule has 2 N–H and O–H groups in total. The molecule has 0 aromatic rings. The van der Waals surface area contributed by atoms with Crippen LogP contribution in [0.2, 0.25) is 0 Å². The first-order valence-corrected chi connectivity index (χ1v) is 4.97. The number of carbonyl (C=O) groups excluding carboxylic acids is 1. The average Bonchev–Trinajstić information content (AvgIpc) is 2.09. The topological polar surface area (TPSA) is 50.4 Å². The molecule has 0 aromatic carbocycles. The van der Waals surface area contributed by atoms with Crippen LogP contribution in [0.1, 0.15) is 20.8 Å². The molecular formula is C10H22N2O2. The Kier molecular flexibility index (Phi) is 6.70. The van der Waals surface area contributed by atoms with Gasteiger partial charge in [0.05, 0.1) is 18.2 Å². The average molecular weight is 202 g/mol. The molecule has 84 valence electrons. The maximum atomic E-state index is 10.7. The van der Waals surface area contributed by atoms with Crippen LogP contribution in [0.15, 0.2) is 0 Å². The number of nitrogens with one attached hydrogen (secondary N) is 2. The predicted octanol–water partition coefficient (Wildman–Crippen LogP) is 0.178. The zero-order chi connectivity index (χ0) is 11.0. The number of carbonyl (C=O) groups is 1. The first-order chi connectivity index (χ1) is 6.49. The van der Waals surface area contributed by atoms with E-state index in [4.69, 9.17) is 4.74 Å². The van der Waals surface area contributed by atoms with Gasteiger partial charge in [-0.05, 0) is 27.8 Å². The van der Waals surface area contributed by atoms with Gasteiger partial charge in [-0.2, -0.15) is 0 Å². The fraction of sp³-hybridized carbons (Fsp3) is 0.900. The van der Waals surface area contributed by atoms with Gasteiger partial charge in [-0.1, -0.05) is 0 Å². The van der Waals surface area contributed by atoms with Crippen LogP contribution in [0.25, 0.3) is 0 Å². The first kappa shape index (κ1) is 13.5. The highest BCUT2D eigenvalue weighted by Crippen LogP contribution is 2.06. The van der Waals surface area contributed by atoms with Gasteiger partial charge in [0.2, 0.25) is 0 Å². The molecule has 0 aliphatic heterocycles. The quantitative estimate of drug-likeness (QED) is 0.457. The summed E-state index contributed by atoms with van der Waals surface area (Å²) in [5, 5.41) is 6.09. The van der Waals surface area contributed by atoms with E-state index in [-0.39, 0.29) is 11.6 Å². The fourth-order valence-corrected chi connectivity index (χ4v) is 0.869. The Bertz CT molecular complexity index is 155. The lowest BCUT2D eigenvalue weighted by atomic mass is 10.2. The van der Waals surface area contributed by atoms with Crippen LogP contribution in [0.4, 0.5) is 0 Å². The molecular weight excluding hydrogens is 180 g/mol. The second-order valence-corrected chi connectivity index (χ2v) is 4.22. The van der Waals surface area contributed by atoms with Crippen molar-refractivity contribution >= 4 is 6.29 Å². The van der Waals surface area contributed by atoms with Crippen molar-refractivity contribution in [2.24, 2.45) is 0 Å². The summed E-state index contributed by atoms with van der Waals surface area (Å²) >= 11 is 0. The molecule has 0 amide bonds. The third kappa shape index (κ3) is 8.16. The lowest BCUT2D eigenvalue weighted by Gasteiger charge is -2.22. The Hall–Kier alpha value is -0.450. The first-order valence-electron chi connectivity index (χ1n) is 4.97. The molecule has 0 aliphatic carbocycles. The molecule has 0 fully saturated rings. The molecule has 14 heavy (non-hydrogen) atoms. The molecule has 0 aliphatic rings. The maximum Gasteiger partial charge on any atom is 0.139 e. The van der Waals surface area contributed by atoms with Crippen LogP contribution >= 0.6 is 0 Å². The molecule has 0 unspecified atom stereocenters. The van der Waals surface area contributed by atoms with Gasteiger partial charge >= 0.3 is 0 Å². The fourth-order valence-electron chi connectivity index (χ4n) is 0.869. The molecule has 0 saturated heterocycles. The van der Waals surface area contributed by atoms with Gasteiger partial charge in [0, 0.05) is 13.1 Å². The van der Waals surface area contributed by atoms with Gasteiger partial charge in [0.25, 0.3) is 0 Å². The van der Waals surface area contributed by atoms with Crippen LogP contribution in [0.5, 0.6) is 0 Å². The number of rotatable bonds is 7. The SMILES string of the molecule is CNCCN[C@@H](C=O)COC(C)(C)C. The Morgan fingerprint density at radius 3 is 2.43 bits per heavy atom. The highest BCUT2D eigenvalue weighted by atomic mass is 16.5. The molecule has 0 aromatic heterocycles. The minimum atomic E-state index is -0.206. The molecule has 4 heteroatoms. The second kappa shape index (κ2) is 6.92. The molecule has 4 nitrogen and oxygen atoms in total. The Morgan fingerprint density at radius 2 is 2.00 bits per heavy atom. The van der Waals surface area contributed by atoms with Crippen molar-refractivity contribution in [3.05, 3.63) is 0 Å². The second-order valence-electron chi connectivity index (χ2n) is 4.22. The molecule has 1 atom stereocenters. The summed E-state index contributed by atoms with van der Waals surface area (Å²) in [6.07, 6.45) is 0.890. The monoisotopic (exact) mass is 202 g/mol. The number of hydrogen-bond acceptors (Lipinski definition) is 4. The van der Waals surface area contributed by atoms with Crippen molar-refractivity contribution in [2.75, 3.05) is 26.7 Å². The van der Waals surface area contributed by atoms with Crippen molar-refractivity contribution in [1.29, 1.82) is 0 Å². The molecule has 0 rings (SSSR count). The number of likely N-dealkylation sites (N-methyl/N-ethyl adjacent to an activating group) is 1. The Labute approximate surface area is 86.4 Å². The summed E-state index contributed by atoms with van der Waals surface area (Å²) in [4.78, 5) is 10.7. The third-order valence-corrected chi connectivity index (χ3v) is 1.64. The molecule has 0 radical (unpaired) electrons. The van der Waals surface area contributed by atoms with E-state index in [1.165, 1.54) is 0 Å². The highest BCUT2D eigenvalue weighted by molar-refractivity contribution is 5.57. The van der Waals surface area contributed by atoms with Crippen molar-refractivity contribution in [3.63, 3.8) is 0 Å². The maximum absolute atomic E-state index is 10.7. The number of aldehydes is 1. The third-order valence-electron chi connectivity index (χ3n) is 1.64. The van der Waals surface area contributed by atoms with Crippen LogP contribution in [-0.2, 0) is 9.53 Å². The van der Waals surface area contributed by atoms with Crippen LogP contribution < -0.4 is 10.6 Å². The van der Waals surface area contributed by atoms with E-state index in [0.29, 0.717) is 6.61 Å². The van der Waals surface area contributed by atoms with E-state index < -0.39 is 0 Å². The lowest BCUT2D eigenvalue weighted by Crippen LogP contribution is -2.40. The molecule has 0 bridgehead atoms. The van der Waals surface area contributed by atoms with Gasteiger partial charge in [0.1, 0.15) is 6.29 Å². The van der Waals surface area contributed by atoms with Crippen molar-refractivity contribution in [2.45, 2.75) is 32.4 Å². The van der Waals surface area contributed by atoms with Gasteiger partial charge in [0.15, 0.2) is 0 Å². The van der Waals surface area contributed by atoms with Crippen molar-refractivity contribution < 1.29 is 9.53 Å².